The van der Waals surface area contributed by atoms with Gasteiger partial charge in [-0.05, 0) is 24.3 Å². The average molecular weight is 531 g/mol. The second kappa shape index (κ2) is 12.1. The molecule has 4 rings (SSSR count). The molecule has 8 nitrogen and oxygen atoms in total. The summed E-state index contributed by atoms with van der Waals surface area (Å²) < 4.78 is 12.6. The number of hydrogen-bond donors (Lipinski definition) is 1. The summed E-state index contributed by atoms with van der Waals surface area (Å²) in [6.07, 6.45) is 3.38. The van der Waals surface area contributed by atoms with Crippen LogP contribution in [0.3, 0.4) is 0 Å². The molecule has 0 atom stereocenters. The van der Waals surface area contributed by atoms with Crippen molar-refractivity contribution in [3.05, 3.63) is 102 Å². The van der Waals surface area contributed by atoms with Crippen molar-refractivity contribution in [2.75, 3.05) is 32.6 Å². The van der Waals surface area contributed by atoms with E-state index in [-0.39, 0.29) is 24.9 Å². The van der Waals surface area contributed by atoms with Crippen molar-refractivity contribution >= 4 is 29.4 Å². The maximum Gasteiger partial charge on any atom is 0.256 e. The van der Waals surface area contributed by atoms with Crippen molar-refractivity contribution in [3.8, 4) is 28.4 Å². The standard InChI is InChI=1S/C29H27ClN4O4/c1-4-16-33(28(36)22-12-8-9-13-23(22)30)19-27(35)32-29-31-24(20-10-6-5-7-11-20)18-34(29)21-14-15-25(37-2)26(17-21)38-3/h4-15,17-18H,1,16,19H2,2-3H3,(H,31,32,35). The van der Waals surface area contributed by atoms with Crippen molar-refractivity contribution in [2.45, 2.75) is 0 Å². The molecule has 0 bridgehead atoms. The second-order valence-electron chi connectivity index (χ2n) is 8.23. The zero-order chi connectivity index (χ0) is 27.1. The lowest BCUT2D eigenvalue weighted by Crippen LogP contribution is -2.38. The number of amides is 2. The Kier molecular flexibility index (Phi) is 8.45. The van der Waals surface area contributed by atoms with Crippen molar-refractivity contribution in [1.29, 1.82) is 0 Å². The first-order valence-corrected chi connectivity index (χ1v) is 12.1. The molecule has 0 spiro atoms. The van der Waals surface area contributed by atoms with Gasteiger partial charge in [0.2, 0.25) is 11.9 Å². The Labute approximate surface area is 226 Å². The molecular formula is C29H27ClN4O4. The van der Waals surface area contributed by atoms with Crippen LogP contribution in [0.4, 0.5) is 5.95 Å². The molecule has 38 heavy (non-hydrogen) atoms. The molecule has 2 amide bonds. The van der Waals surface area contributed by atoms with Crippen LogP contribution in [-0.2, 0) is 4.79 Å². The number of nitrogens with one attached hydrogen (secondary N) is 1. The maximum atomic E-state index is 13.2. The molecule has 1 aromatic heterocycles. The predicted molar refractivity (Wildman–Crippen MR) is 148 cm³/mol. The van der Waals surface area contributed by atoms with Gasteiger partial charge in [0.15, 0.2) is 11.5 Å². The van der Waals surface area contributed by atoms with Gasteiger partial charge in [0.25, 0.3) is 5.91 Å². The van der Waals surface area contributed by atoms with Crippen molar-refractivity contribution < 1.29 is 19.1 Å². The smallest absolute Gasteiger partial charge is 0.256 e. The first kappa shape index (κ1) is 26.5. The topological polar surface area (TPSA) is 85.7 Å². The van der Waals surface area contributed by atoms with E-state index in [2.05, 4.69) is 16.9 Å². The van der Waals surface area contributed by atoms with Crippen molar-refractivity contribution in [2.24, 2.45) is 0 Å². The lowest BCUT2D eigenvalue weighted by Gasteiger charge is -2.21. The molecule has 0 saturated heterocycles. The minimum absolute atomic E-state index is 0.164. The molecule has 0 aliphatic rings. The number of halogens is 1. The Hall–Kier alpha value is -4.56. The van der Waals surface area contributed by atoms with Gasteiger partial charge in [-0.25, -0.2) is 4.98 Å². The van der Waals surface area contributed by atoms with Crippen molar-refractivity contribution in [3.63, 3.8) is 0 Å². The van der Waals surface area contributed by atoms with Crippen LogP contribution in [0.25, 0.3) is 16.9 Å². The summed E-state index contributed by atoms with van der Waals surface area (Å²) in [5.74, 6) is 0.575. The molecule has 0 fully saturated rings. The summed E-state index contributed by atoms with van der Waals surface area (Å²) in [7, 11) is 3.12. The first-order chi connectivity index (χ1) is 18.4. The van der Waals surface area contributed by atoms with Gasteiger partial charge in [-0.3, -0.25) is 19.5 Å². The van der Waals surface area contributed by atoms with Gasteiger partial charge >= 0.3 is 0 Å². The molecule has 1 N–H and O–H groups in total. The highest BCUT2D eigenvalue weighted by Crippen LogP contribution is 2.32. The Balaban J connectivity index is 1.66. The van der Waals surface area contributed by atoms with E-state index in [0.717, 1.165) is 5.56 Å². The van der Waals surface area contributed by atoms with E-state index in [4.69, 9.17) is 21.1 Å². The fraction of sp³-hybridized carbons (Fsp3) is 0.138. The van der Waals surface area contributed by atoms with E-state index in [1.54, 1.807) is 61.3 Å². The summed E-state index contributed by atoms with van der Waals surface area (Å²) >= 11 is 6.22. The van der Waals surface area contributed by atoms with Gasteiger partial charge in [-0.15, -0.1) is 6.58 Å². The third kappa shape index (κ3) is 5.87. The van der Waals surface area contributed by atoms with Crippen LogP contribution in [0.15, 0.2) is 91.6 Å². The number of carbonyl (C=O) groups is 2. The van der Waals surface area contributed by atoms with Gasteiger partial charge in [-0.2, -0.15) is 0 Å². The molecule has 0 radical (unpaired) electrons. The zero-order valence-electron chi connectivity index (χ0n) is 21.1. The Morgan fingerprint density at radius 1 is 1.03 bits per heavy atom. The molecule has 9 heteroatoms. The predicted octanol–water partition coefficient (Wildman–Crippen LogP) is 5.48. The summed E-state index contributed by atoms with van der Waals surface area (Å²) in [4.78, 5) is 32.4. The van der Waals surface area contributed by atoms with Gasteiger partial charge in [0.05, 0.1) is 36.2 Å². The van der Waals surface area contributed by atoms with Crippen LogP contribution in [0.1, 0.15) is 10.4 Å². The molecule has 1 heterocycles. The van der Waals surface area contributed by atoms with E-state index in [9.17, 15) is 9.59 Å². The minimum Gasteiger partial charge on any atom is -0.493 e. The normalized spacial score (nSPS) is 10.5. The van der Waals surface area contributed by atoms with Crippen LogP contribution >= 0.6 is 11.6 Å². The summed E-state index contributed by atoms with van der Waals surface area (Å²) in [5, 5.41) is 3.16. The summed E-state index contributed by atoms with van der Waals surface area (Å²) in [5.41, 5.74) is 2.54. The number of benzene rings is 3. The van der Waals surface area contributed by atoms with Gasteiger partial charge in [-0.1, -0.05) is 60.1 Å². The number of hydrogen-bond acceptors (Lipinski definition) is 5. The largest absolute Gasteiger partial charge is 0.493 e. The lowest BCUT2D eigenvalue weighted by molar-refractivity contribution is -0.116. The molecule has 0 unspecified atom stereocenters. The summed E-state index contributed by atoms with van der Waals surface area (Å²) in [6.45, 7) is 3.65. The number of carbonyl (C=O) groups excluding carboxylic acids is 2. The van der Waals surface area contributed by atoms with Crippen LogP contribution in [0.2, 0.25) is 5.02 Å². The van der Waals surface area contributed by atoms with Gasteiger partial charge in [0.1, 0.15) is 6.54 Å². The van der Waals surface area contributed by atoms with Crippen LogP contribution in [-0.4, -0.2) is 53.6 Å². The van der Waals surface area contributed by atoms with Gasteiger partial charge in [0, 0.05) is 24.4 Å². The Bertz CT molecular complexity index is 1450. The number of imidazole rings is 1. The second-order valence-corrected chi connectivity index (χ2v) is 8.63. The summed E-state index contributed by atoms with van der Waals surface area (Å²) in [6, 6.07) is 21.7. The van der Waals surface area contributed by atoms with E-state index < -0.39 is 5.91 Å². The molecular weight excluding hydrogens is 504 g/mol. The lowest BCUT2D eigenvalue weighted by atomic mass is 10.2. The maximum absolute atomic E-state index is 13.2. The SMILES string of the molecule is C=CCN(CC(=O)Nc1nc(-c2ccccc2)cn1-c1ccc(OC)c(OC)c1)C(=O)c1ccccc1Cl. The first-order valence-electron chi connectivity index (χ1n) is 11.8. The number of aromatic nitrogens is 2. The highest BCUT2D eigenvalue weighted by molar-refractivity contribution is 6.33. The average Bonchev–Trinajstić information content (AvgIpc) is 3.36. The number of anilines is 1. The minimum atomic E-state index is -0.431. The third-order valence-corrected chi connectivity index (χ3v) is 6.08. The van der Waals surface area contributed by atoms with Crippen LogP contribution in [0.5, 0.6) is 11.5 Å². The van der Waals surface area contributed by atoms with E-state index in [1.807, 2.05) is 42.6 Å². The van der Waals surface area contributed by atoms with Crippen molar-refractivity contribution in [1.82, 2.24) is 14.5 Å². The molecule has 0 aliphatic heterocycles. The zero-order valence-corrected chi connectivity index (χ0v) is 21.8. The van der Waals surface area contributed by atoms with E-state index in [0.29, 0.717) is 33.5 Å². The van der Waals surface area contributed by atoms with Crippen LogP contribution < -0.4 is 14.8 Å². The Morgan fingerprint density at radius 3 is 2.42 bits per heavy atom. The molecule has 3 aromatic carbocycles. The highest BCUT2D eigenvalue weighted by atomic mass is 35.5. The van der Waals surface area contributed by atoms with E-state index >= 15 is 0 Å². The van der Waals surface area contributed by atoms with Gasteiger partial charge < -0.3 is 14.4 Å². The monoisotopic (exact) mass is 530 g/mol. The quantitative estimate of drug-likeness (QED) is 0.274. The molecule has 0 aliphatic carbocycles. The molecule has 194 valence electrons. The Morgan fingerprint density at radius 2 is 1.74 bits per heavy atom. The number of methoxy groups -OCH3 is 2. The number of ether oxygens (including phenoxy) is 2. The third-order valence-electron chi connectivity index (χ3n) is 5.75. The fourth-order valence-corrected chi connectivity index (χ4v) is 4.12. The van der Waals surface area contributed by atoms with Crippen LogP contribution in [0, 0.1) is 0 Å². The number of rotatable bonds is 10. The molecule has 0 saturated carbocycles. The fourth-order valence-electron chi connectivity index (χ4n) is 3.91. The molecule has 4 aromatic rings. The highest BCUT2D eigenvalue weighted by Gasteiger charge is 2.22. The van der Waals surface area contributed by atoms with E-state index in [1.165, 1.54) is 4.90 Å². The number of nitrogens with zero attached hydrogens (tertiary/aromatic N) is 3.